The van der Waals surface area contributed by atoms with E-state index in [1.165, 1.54) is 12.1 Å². The molecule has 2 aromatic rings. The van der Waals surface area contributed by atoms with E-state index in [4.69, 9.17) is 0 Å². The lowest BCUT2D eigenvalue weighted by molar-refractivity contribution is 0.0951. The van der Waals surface area contributed by atoms with Crippen molar-refractivity contribution < 1.29 is 9.18 Å². The Kier molecular flexibility index (Phi) is 2.91. The van der Waals surface area contributed by atoms with Gasteiger partial charge in [0.05, 0.1) is 11.1 Å². The minimum Gasteiger partial charge on any atom is -0.349 e. The average molecular weight is 284 g/mol. The molecule has 1 amide bonds. The highest BCUT2D eigenvalue weighted by Crippen LogP contribution is 2.30. The first kappa shape index (κ1) is 12.7. The molecule has 4 heteroatoms. The number of nitrogens with zero attached hydrogens (tertiary/aromatic N) is 1. The number of hydrogen-bond acceptors (Lipinski definition) is 2. The lowest BCUT2D eigenvalue weighted by Crippen LogP contribution is -2.28. The number of nitrogens with one attached hydrogen (secondary N) is 1. The minimum absolute atomic E-state index is 0.0614. The molecule has 0 unspecified atom stereocenters. The molecule has 1 N–H and O–H groups in total. The van der Waals surface area contributed by atoms with E-state index in [0.717, 1.165) is 55.3 Å². The smallest absolute Gasteiger partial charge is 0.252 e. The van der Waals surface area contributed by atoms with Crippen LogP contribution in [0.1, 0.15) is 47.3 Å². The second kappa shape index (κ2) is 4.79. The van der Waals surface area contributed by atoms with E-state index in [-0.39, 0.29) is 11.7 Å². The second-order valence-electron chi connectivity index (χ2n) is 6.03. The standard InChI is InChI=1S/C17H17FN2O/c18-10-5-8-15-13(9-10)16(17(21)19-11-6-7-11)12-3-1-2-4-14(12)20-15/h5,8-9,11H,1-4,6-7H2,(H,19,21). The molecule has 1 aromatic heterocycles. The van der Waals surface area contributed by atoms with Crippen molar-refractivity contribution in [2.45, 2.75) is 44.6 Å². The molecule has 1 fully saturated rings. The molecule has 3 nitrogen and oxygen atoms in total. The van der Waals surface area contributed by atoms with Crippen molar-refractivity contribution in [2.24, 2.45) is 0 Å². The fraction of sp³-hybridized carbons (Fsp3) is 0.412. The summed E-state index contributed by atoms with van der Waals surface area (Å²) in [6.45, 7) is 0. The van der Waals surface area contributed by atoms with Crippen LogP contribution in [0.15, 0.2) is 18.2 Å². The van der Waals surface area contributed by atoms with Crippen LogP contribution in [0.2, 0.25) is 0 Å². The van der Waals surface area contributed by atoms with Crippen molar-refractivity contribution in [3.8, 4) is 0 Å². The Morgan fingerprint density at radius 1 is 1.24 bits per heavy atom. The summed E-state index contributed by atoms with van der Waals surface area (Å²) in [7, 11) is 0. The van der Waals surface area contributed by atoms with Gasteiger partial charge >= 0.3 is 0 Å². The number of carbonyl (C=O) groups is 1. The largest absolute Gasteiger partial charge is 0.349 e. The van der Waals surface area contributed by atoms with Gasteiger partial charge in [-0.1, -0.05) is 0 Å². The lowest BCUT2D eigenvalue weighted by Gasteiger charge is -2.20. The van der Waals surface area contributed by atoms with Gasteiger partial charge in [0.25, 0.3) is 5.91 Å². The van der Waals surface area contributed by atoms with E-state index in [1.807, 2.05) is 0 Å². The van der Waals surface area contributed by atoms with Crippen molar-refractivity contribution >= 4 is 16.8 Å². The maximum Gasteiger partial charge on any atom is 0.252 e. The van der Waals surface area contributed by atoms with E-state index in [1.54, 1.807) is 6.07 Å². The third kappa shape index (κ3) is 2.28. The van der Waals surface area contributed by atoms with Gasteiger partial charge in [0.2, 0.25) is 0 Å². The number of amides is 1. The number of carbonyl (C=O) groups excluding carboxylic acids is 1. The summed E-state index contributed by atoms with van der Waals surface area (Å²) in [4.78, 5) is 17.3. The molecule has 4 rings (SSSR count). The summed E-state index contributed by atoms with van der Waals surface area (Å²) < 4.78 is 13.6. The zero-order valence-electron chi connectivity index (χ0n) is 11.8. The van der Waals surface area contributed by atoms with Crippen LogP contribution in [0.3, 0.4) is 0 Å². The molecule has 0 saturated heterocycles. The summed E-state index contributed by atoms with van der Waals surface area (Å²) in [5.74, 6) is -0.380. The third-order valence-electron chi connectivity index (χ3n) is 4.36. The molecule has 108 valence electrons. The van der Waals surface area contributed by atoms with E-state index < -0.39 is 0 Å². The highest BCUT2D eigenvalue weighted by molar-refractivity contribution is 6.08. The van der Waals surface area contributed by atoms with E-state index >= 15 is 0 Å². The quantitative estimate of drug-likeness (QED) is 0.920. The molecule has 1 saturated carbocycles. The first-order valence-electron chi connectivity index (χ1n) is 7.64. The third-order valence-corrected chi connectivity index (χ3v) is 4.36. The molecule has 1 aromatic carbocycles. The normalized spacial score (nSPS) is 17.6. The number of fused-ring (bicyclic) bond motifs is 2. The maximum atomic E-state index is 13.6. The predicted octanol–water partition coefficient (Wildman–Crippen LogP) is 3.14. The van der Waals surface area contributed by atoms with Crippen LogP contribution in [0, 0.1) is 5.82 Å². The molecule has 2 aliphatic carbocycles. The summed E-state index contributed by atoms with van der Waals surface area (Å²) in [5, 5.41) is 3.69. The molecule has 0 aliphatic heterocycles. The molecular weight excluding hydrogens is 267 g/mol. The van der Waals surface area contributed by atoms with E-state index in [0.29, 0.717) is 17.0 Å². The summed E-state index contributed by atoms with van der Waals surface area (Å²) in [6, 6.07) is 4.83. The average Bonchev–Trinajstić information content (AvgIpc) is 3.28. The number of hydrogen-bond donors (Lipinski definition) is 1. The Bertz CT molecular complexity index is 737. The molecular formula is C17H17FN2O. The monoisotopic (exact) mass is 284 g/mol. The maximum absolute atomic E-state index is 13.6. The zero-order valence-corrected chi connectivity index (χ0v) is 11.8. The van der Waals surface area contributed by atoms with Gasteiger partial charge in [0.15, 0.2) is 0 Å². The van der Waals surface area contributed by atoms with Gasteiger partial charge in [0.1, 0.15) is 5.82 Å². The van der Waals surface area contributed by atoms with Gasteiger partial charge in [-0.3, -0.25) is 9.78 Å². The number of aromatic nitrogens is 1. The lowest BCUT2D eigenvalue weighted by atomic mass is 9.89. The van der Waals surface area contributed by atoms with E-state index in [9.17, 15) is 9.18 Å². The van der Waals surface area contributed by atoms with E-state index in [2.05, 4.69) is 10.3 Å². The highest BCUT2D eigenvalue weighted by atomic mass is 19.1. The topological polar surface area (TPSA) is 42.0 Å². The molecule has 1 heterocycles. The van der Waals surface area contributed by atoms with Crippen LogP contribution in [0.5, 0.6) is 0 Å². The van der Waals surface area contributed by atoms with Crippen LogP contribution >= 0.6 is 0 Å². The number of pyridine rings is 1. The van der Waals surface area contributed by atoms with Crippen LogP contribution in [-0.4, -0.2) is 16.9 Å². The molecule has 0 atom stereocenters. The van der Waals surface area contributed by atoms with Gasteiger partial charge in [0, 0.05) is 17.1 Å². The van der Waals surface area contributed by atoms with Gasteiger partial charge in [-0.15, -0.1) is 0 Å². The Hall–Kier alpha value is -1.97. The number of halogens is 1. The Labute approximate surface area is 122 Å². The minimum atomic E-state index is -0.319. The first-order chi connectivity index (χ1) is 10.2. The predicted molar refractivity (Wildman–Crippen MR) is 78.8 cm³/mol. The van der Waals surface area contributed by atoms with Crippen molar-refractivity contribution in [3.05, 3.63) is 40.8 Å². The van der Waals surface area contributed by atoms with Crippen LogP contribution in [0.25, 0.3) is 10.9 Å². The summed E-state index contributed by atoms with van der Waals surface area (Å²) in [5.41, 5.74) is 3.41. The number of benzene rings is 1. The van der Waals surface area contributed by atoms with Crippen LogP contribution in [-0.2, 0) is 12.8 Å². The Balaban J connectivity index is 1.93. The summed E-state index contributed by atoms with van der Waals surface area (Å²) >= 11 is 0. The van der Waals surface area contributed by atoms with Crippen molar-refractivity contribution in [1.82, 2.24) is 10.3 Å². The fourth-order valence-corrected chi connectivity index (χ4v) is 3.14. The van der Waals surface area contributed by atoms with Crippen molar-refractivity contribution in [3.63, 3.8) is 0 Å². The Morgan fingerprint density at radius 3 is 2.86 bits per heavy atom. The van der Waals surface area contributed by atoms with Crippen LogP contribution in [0.4, 0.5) is 4.39 Å². The van der Waals surface area contributed by atoms with Gasteiger partial charge in [-0.05, 0) is 62.3 Å². The summed E-state index contributed by atoms with van der Waals surface area (Å²) in [6.07, 6.45) is 6.04. The van der Waals surface area contributed by atoms with Gasteiger partial charge in [-0.2, -0.15) is 0 Å². The Morgan fingerprint density at radius 2 is 2.05 bits per heavy atom. The molecule has 0 bridgehead atoms. The van der Waals surface area contributed by atoms with Gasteiger partial charge < -0.3 is 5.32 Å². The molecule has 21 heavy (non-hydrogen) atoms. The first-order valence-corrected chi connectivity index (χ1v) is 7.64. The van der Waals surface area contributed by atoms with Crippen LogP contribution < -0.4 is 5.32 Å². The number of aryl methyl sites for hydroxylation is 1. The SMILES string of the molecule is O=C(NC1CC1)c1c2c(nc3ccc(F)cc13)CCCC2. The molecule has 0 spiro atoms. The zero-order chi connectivity index (χ0) is 14.4. The van der Waals surface area contributed by atoms with Crippen molar-refractivity contribution in [2.75, 3.05) is 0 Å². The molecule has 0 radical (unpaired) electrons. The van der Waals surface area contributed by atoms with Gasteiger partial charge in [-0.25, -0.2) is 4.39 Å². The number of rotatable bonds is 2. The highest BCUT2D eigenvalue weighted by Gasteiger charge is 2.28. The molecule has 2 aliphatic rings. The fourth-order valence-electron chi connectivity index (χ4n) is 3.14. The second-order valence-corrected chi connectivity index (χ2v) is 6.03. The van der Waals surface area contributed by atoms with Crippen molar-refractivity contribution in [1.29, 1.82) is 0 Å².